The fourth-order valence-electron chi connectivity index (χ4n) is 4.21. The number of ether oxygens (including phenoxy) is 2. The van der Waals surface area contributed by atoms with Crippen molar-refractivity contribution in [3.8, 4) is 22.7 Å². The third-order valence-electron chi connectivity index (χ3n) is 6.20. The lowest BCUT2D eigenvalue weighted by molar-refractivity contribution is -0.148. The maximum absolute atomic E-state index is 11.9. The minimum atomic E-state index is -1.07. The maximum Gasteiger partial charge on any atom is 0.308 e. The lowest BCUT2D eigenvalue weighted by Gasteiger charge is -2.33. The molecule has 0 unspecified atom stereocenters. The van der Waals surface area contributed by atoms with Gasteiger partial charge in [-0.15, -0.1) is 0 Å². The monoisotopic (exact) mass is 420 g/mol. The highest BCUT2D eigenvalue weighted by molar-refractivity contribution is 5.72. The van der Waals surface area contributed by atoms with E-state index in [1.165, 1.54) is 12.7 Å². The number of hydrogen-bond acceptors (Lipinski definition) is 5. The van der Waals surface area contributed by atoms with Crippen LogP contribution in [-0.2, 0) is 15.1 Å². The molecule has 1 aliphatic rings. The van der Waals surface area contributed by atoms with Crippen LogP contribution in [0, 0.1) is 12.8 Å². The molecule has 1 aliphatic carbocycles. The zero-order valence-corrected chi connectivity index (χ0v) is 18.2. The predicted octanol–water partition coefficient (Wildman–Crippen LogP) is 4.41. The molecule has 3 aromatic rings. The van der Waals surface area contributed by atoms with Crippen LogP contribution in [0.4, 0.5) is 0 Å². The molecular weight excluding hydrogens is 392 g/mol. The first-order valence-corrected chi connectivity index (χ1v) is 10.6. The molecule has 0 aliphatic heterocycles. The molecule has 6 heteroatoms. The second-order valence-corrected chi connectivity index (χ2v) is 8.22. The number of esters is 1. The summed E-state index contributed by atoms with van der Waals surface area (Å²) in [5.74, 6) is 0.407. The van der Waals surface area contributed by atoms with E-state index >= 15 is 0 Å². The van der Waals surface area contributed by atoms with Gasteiger partial charge >= 0.3 is 5.97 Å². The number of benzene rings is 2. The number of methoxy groups -OCH3 is 2. The normalized spacial score (nSPS) is 21.0. The van der Waals surface area contributed by atoms with Crippen LogP contribution in [0.3, 0.4) is 0 Å². The predicted molar refractivity (Wildman–Crippen MR) is 118 cm³/mol. The number of aryl methyl sites for hydroxylation is 1. The Morgan fingerprint density at radius 3 is 2.29 bits per heavy atom. The number of aliphatic hydroxyl groups is 1. The molecule has 0 spiro atoms. The highest BCUT2D eigenvalue weighted by atomic mass is 16.5. The Labute approximate surface area is 182 Å². The third-order valence-corrected chi connectivity index (χ3v) is 6.20. The minimum absolute atomic E-state index is 0.162. The molecule has 1 aromatic heterocycles. The van der Waals surface area contributed by atoms with Gasteiger partial charge in [0, 0.05) is 5.56 Å². The number of rotatable bonds is 5. The summed E-state index contributed by atoms with van der Waals surface area (Å²) in [5, 5.41) is 16.3. The van der Waals surface area contributed by atoms with Gasteiger partial charge in [0.2, 0.25) is 0 Å². The Bertz CT molecular complexity index is 1050. The van der Waals surface area contributed by atoms with Gasteiger partial charge in [-0.2, -0.15) is 5.10 Å². The van der Waals surface area contributed by atoms with Crippen LogP contribution in [0.5, 0.6) is 5.75 Å². The van der Waals surface area contributed by atoms with E-state index in [2.05, 4.69) is 31.2 Å². The summed E-state index contributed by atoms with van der Waals surface area (Å²) >= 11 is 0. The third kappa shape index (κ3) is 4.21. The zero-order chi connectivity index (χ0) is 22.0. The van der Waals surface area contributed by atoms with E-state index < -0.39 is 5.60 Å². The summed E-state index contributed by atoms with van der Waals surface area (Å²) in [4.78, 5) is 11.9. The smallest absolute Gasteiger partial charge is 0.308 e. The fourth-order valence-corrected chi connectivity index (χ4v) is 4.21. The first-order chi connectivity index (χ1) is 14.9. The molecule has 1 heterocycles. The van der Waals surface area contributed by atoms with Gasteiger partial charge < -0.3 is 14.6 Å². The Hall–Kier alpha value is -3.12. The fraction of sp³-hybridized carbons (Fsp3) is 0.360. The molecule has 31 heavy (non-hydrogen) atoms. The summed E-state index contributed by atoms with van der Waals surface area (Å²) in [5.41, 5.74) is 3.55. The quantitative estimate of drug-likeness (QED) is 0.619. The molecule has 4 rings (SSSR count). The van der Waals surface area contributed by atoms with Crippen LogP contribution in [0.15, 0.2) is 54.6 Å². The number of carbonyl (C=O) groups excluding carboxylic acids is 1. The minimum Gasteiger partial charge on any atom is -0.497 e. The lowest BCUT2D eigenvalue weighted by atomic mass is 9.77. The summed E-state index contributed by atoms with van der Waals surface area (Å²) in [7, 11) is 3.05. The Balaban J connectivity index is 1.72. The highest BCUT2D eigenvalue weighted by Gasteiger charge is 2.39. The van der Waals surface area contributed by atoms with Crippen molar-refractivity contribution in [2.45, 2.75) is 38.2 Å². The Morgan fingerprint density at radius 2 is 1.71 bits per heavy atom. The molecule has 0 saturated heterocycles. The van der Waals surface area contributed by atoms with Gasteiger partial charge in [-0.25, -0.2) is 4.68 Å². The average Bonchev–Trinajstić information content (AvgIpc) is 3.26. The van der Waals surface area contributed by atoms with Gasteiger partial charge in [0.1, 0.15) is 11.4 Å². The average molecular weight is 421 g/mol. The van der Waals surface area contributed by atoms with Gasteiger partial charge in [0.05, 0.1) is 37.2 Å². The summed E-state index contributed by atoms with van der Waals surface area (Å²) in [6, 6.07) is 17.9. The topological polar surface area (TPSA) is 73.6 Å². The van der Waals surface area contributed by atoms with Crippen molar-refractivity contribution >= 4 is 5.97 Å². The maximum atomic E-state index is 11.9. The van der Waals surface area contributed by atoms with Gasteiger partial charge in [-0.1, -0.05) is 29.8 Å². The van der Waals surface area contributed by atoms with Crippen molar-refractivity contribution < 1.29 is 19.4 Å². The van der Waals surface area contributed by atoms with E-state index in [0.29, 0.717) is 31.4 Å². The van der Waals surface area contributed by atoms with E-state index in [0.717, 1.165) is 22.7 Å². The van der Waals surface area contributed by atoms with Crippen LogP contribution < -0.4 is 4.74 Å². The number of hydrogen-bond donors (Lipinski definition) is 1. The van der Waals surface area contributed by atoms with E-state index in [1.54, 1.807) is 7.11 Å². The Morgan fingerprint density at radius 1 is 1.06 bits per heavy atom. The number of aromatic nitrogens is 2. The largest absolute Gasteiger partial charge is 0.497 e. The summed E-state index contributed by atoms with van der Waals surface area (Å²) in [6.45, 7) is 2.05. The molecule has 1 saturated carbocycles. The van der Waals surface area contributed by atoms with Crippen LogP contribution in [0.2, 0.25) is 0 Å². The summed E-state index contributed by atoms with van der Waals surface area (Å²) < 4.78 is 12.0. The van der Waals surface area contributed by atoms with Gasteiger partial charge in [0.15, 0.2) is 0 Å². The molecule has 6 nitrogen and oxygen atoms in total. The van der Waals surface area contributed by atoms with Crippen LogP contribution in [0.1, 0.15) is 36.9 Å². The molecule has 0 radical (unpaired) electrons. The standard InChI is InChI=1S/C25H28N2O4/c1-17-4-6-18(7-5-17)22-16-23(25(29)14-12-19(13-15-25)24(28)31-3)26-27(22)20-8-10-21(30-2)11-9-20/h4-11,16,19,29H,12-15H2,1-3H3. The van der Waals surface area contributed by atoms with Crippen molar-refractivity contribution in [3.63, 3.8) is 0 Å². The molecule has 1 fully saturated rings. The molecule has 162 valence electrons. The summed E-state index contributed by atoms with van der Waals surface area (Å²) in [6.07, 6.45) is 2.11. The number of nitrogens with zero attached hydrogens (tertiary/aromatic N) is 2. The first kappa shape index (κ1) is 21.1. The van der Waals surface area contributed by atoms with Crippen molar-refractivity contribution in [1.29, 1.82) is 0 Å². The molecular formula is C25H28N2O4. The van der Waals surface area contributed by atoms with Crippen molar-refractivity contribution in [3.05, 3.63) is 65.9 Å². The first-order valence-electron chi connectivity index (χ1n) is 10.6. The van der Waals surface area contributed by atoms with Crippen molar-refractivity contribution in [1.82, 2.24) is 9.78 Å². The van der Waals surface area contributed by atoms with Gasteiger partial charge in [-0.05, 0) is 62.9 Å². The SMILES string of the molecule is COC(=O)C1CCC(O)(c2cc(-c3ccc(C)cc3)n(-c3ccc(OC)cc3)n2)CC1. The van der Waals surface area contributed by atoms with Crippen LogP contribution in [0.25, 0.3) is 16.9 Å². The van der Waals surface area contributed by atoms with E-state index in [-0.39, 0.29) is 11.9 Å². The molecule has 0 amide bonds. The molecule has 0 bridgehead atoms. The van der Waals surface area contributed by atoms with E-state index in [1.807, 2.05) is 35.0 Å². The van der Waals surface area contributed by atoms with Crippen LogP contribution in [-0.4, -0.2) is 35.1 Å². The van der Waals surface area contributed by atoms with Gasteiger partial charge in [0.25, 0.3) is 0 Å². The van der Waals surface area contributed by atoms with E-state index in [4.69, 9.17) is 14.6 Å². The molecule has 2 aromatic carbocycles. The highest BCUT2D eigenvalue weighted by Crippen LogP contribution is 2.41. The second kappa shape index (κ2) is 8.55. The molecule has 0 atom stereocenters. The van der Waals surface area contributed by atoms with Crippen molar-refractivity contribution in [2.24, 2.45) is 5.92 Å². The van der Waals surface area contributed by atoms with Crippen molar-refractivity contribution in [2.75, 3.05) is 14.2 Å². The molecule has 1 N–H and O–H groups in total. The lowest BCUT2D eigenvalue weighted by Crippen LogP contribution is -2.34. The zero-order valence-electron chi connectivity index (χ0n) is 18.2. The van der Waals surface area contributed by atoms with E-state index in [9.17, 15) is 9.90 Å². The Kier molecular flexibility index (Phi) is 5.83. The second-order valence-electron chi connectivity index (χ2n) is 8.22. The van der Waals surface area contributed by atoms with Crippen LogP contribution >= 0.6 is 0 Å². The number of carbonyl (C=O) groups is 1. The van der Waals surface area contributed by atoms with Gasteiger partial charge in [-0.3, -0.25) is 4.79 Å².